The van der Waals surface area contributed by atoms with Crippen LogP contribution in [0.1, 0.15) is 43.2 Å². The van der Waals surface area contributed by atoms with Gasteiger partial charge in [-0.3, -0.25) is 19.4 Å². The number of carbonyl (C=O) groups is 2. The molecule has 0 bridgehead atoms. The average Bonchev–Trinajstić information content (AvgIpc) is 3.04. The van der Waals surface area contributed by atoms with E-state index >= 15 is 0 Å². The lowest BCUT2D eigenvalue weighted by atomic mass is 10.1. The van der Waals surface area contributed by atoms with Crippen molar-refractivity contribution in [2.24, 2.45) is 0 Å². The molecule has 0 atom stereocenters. The monoisotopic (exact) mass is 439 g/mol. The number of anilines is 1. The van der Waals surface area contributed by atoms with Gasteiger partial charge >= 0.3 is 0 Å². The molecule has 0 saturated carbocycles. The summed E-state index contributed by atoms with van der Waals surface area (Å²) in [6.45, 7) is 10.2. The molecule has 2 fully saturated rings. The van der Waals surface area contributed by atoms with E-state index in [0.29, 0.717) is 26.1 Å². The Labute approximate surface area is 192 Å². The van der Waals surface area contributed by atoms with Gasteiger partial charge in [0.05, 0.1) is 25.6 Å². The molecule has 2 amide bonds. The predicted octanol–water partition coefficient (Wildman–Crippen LogP) is 2.57. The van der Waals surface area contributed by atoms with Crippen LogP contribution in [0.25, 0.3) is 0 Å². The van der Waals surface area contributed by atoms with Crippen LogP contribution >= 0.6 is 0 Å². The molecule has 1 aromatic rings. The molecule has 0 unspecified atom stereocenters. The first-order chi connectivity index (χ1) is 15.5. The Balaban J connectivity index is 1.51. The maximum absolute atomic E-state index is 13.1. The topological polar surface area (TPSA) is 70.9 Å². The molecule has 0 radical (unpaired) electrons. The fraction of sp³-hybridized carbons (Fsp3) is 0.640. The summed E-state index contributed by atoms with van der Waals surface area (Å²) in [5, 5.41) is 9.05. The van der Waals surface area contributed by atoms with Crippen LogP contribution in [0, 0.1) is 25.2 Å². The zero-order valence-corrected chi connectivity index (χ0v) is 19.7. The standard InChI is InChI=1S/C25H37N5O2/c1-21-16-22(2)18-23(17-21)30(11-7-8-26)25(32)20-28-14-12-27(13-15-28)19-24(31)29-9-5-3-4-6-10-29/h16-18H,3-7,9-15,19-20H2,1-2H3. The van der Waals surface area contributed by atoms with Gasteiger partial charge in [0, 0.05) is 51.5 Å². The summed E-state index contributed by atoms with van der Waals surface area (Å²) in [6, 6.07) is 8.26. The highest BCUT2D eigenvalue weighted by Crippen LogP contribution is 2.20. The van der Waals surface area contributed by atoms with E-state index in [1.807, 2.05) is 30.9 Å². The molecule has 2 aliphatic rings. The van der Waals surface area contributed by atoms with Gasteiger partial charge in [-0.25, -0.2) is 0 Å². The van der Waals surface area contributed by atoms with Gasteiger partial charge in [-0.1, -0.05) is 18.9 Å². The largest absolute Gasteiger partial charge is 0.342 e. The summed E-state index contributed by atoms with van der Waals surface area (Å²) in [5.74, 6) is 0.272. The van der Waals surface area contributed by atoms with Crippen molar-refractivity contribution < 1.29 is 9.59 Å². The van der Waals surface area contributed by atoms with Gasteiger partial charge in [-0.05, 0) is 49.9 Å². The van der Waals surface area contributed by atoms with Crippen LogP contribution in [0.2, 0.25) is 0 Å². The van der Waals surface area contributed by atoms with E-state index in [-0.39, 0.29) is 11.8 Å². The highest BCUT2D eigenvalue weighted by Gasteiger charge is 2.25. The van der Waals surface area contributed by atoms with Crippen molar-refractivity contribution in [3.8, 4) is 6.07 Å². The molecule has 0 spiro atoms. The van der Waals surface area contributed by atoms with Crippen LogP contribution < -0.4 is 4.90 Å². The number of nitriles is 1. The second-order valence-corrected chi connectivity index (χ2v) is 9.15. The summed E-state index contributed by atoms with van der Waals surface area (Å²) in [5.41, 5.74) is 3.08. The average molecular weight is 440 g/mol. The number of likely N-dealkylation sites (tertiary alicyclic amines) is 1. The minimum Gasteiger partial charge on any atom is -0.342 e. The molecule has 3 rings (SSSR count). The van der Waals surface area contributed by atoms with Crippen LogP contribution in [0.15, 0.2) is 18.2 Å². The summed E-state index contributed by atoms with van der Waals surface area (Å²) in [6.07, 6.45) is 4.99. The fourth-order valence-corrected chi connectivity index (χ4v) is 4.66. The minimum absolute atomic E-state index is 0.0272. The van der Waals surface area contributed by atoms with Gasteiger partial charge in [0.25, 0.3) is 0 Å². The van der Waals surface area contributed by atoms with E-state index in [0.717, 1.165) is 68.9 Å². The molecule has 174 valence electrons. The zero-order chi connectivity index (χ0) is 22.9. The number of hydrogen-bond acceptors (Lipinski definition) is 5. The van der Waals surface area contributed by atoms with Crippen molar-refractivity contribution in [1.29, 1.82) is 5.26 Å². The lowest BCUT2D eigenvalue weighted by Gasteiger charge is -2.36. The van der Waals surface area contributed by atoms with E-state index in [2.05, 4.69) is 21.9 Å². The van der Waals surface area contributed by atoms with Crippen LogP contribution in [0.5, 0.6) is 0 Å². The number of carbonyl (C=O) groups excluding carboxylic acids is 2. The Kier molecular flexibility index (Phi) is 9.07. The number of hydrogen-bond donors (Lipinski definition) is 0. The molecule has 1 aromatic carbocycles. The van der Waals surface area contributed by atoms with E-state index < -0.39 is 0 Å². The number of benzene rings is 1. The number of nitrogens with zero attached hydrogens (tertiary/aromatic N) is 5. The molecule has 2 aliphatic heterocycles. The minimum atomic E-state index is 0.0272. The van der Waals surface area contributed by atoms with E-state index in [1.165, 1.54) is 12.8 Å². The number of piperazine rings is 1. The van der Waals surface area contributed by atoms with Crippen molar-refractivity contribution in [1.82, 2.24) is 14.7 Å². The van der Waals surface area contributed by atoms with Crippen LogP contribution in [-0.4, -0.2) is 85.4 Å². The first kappa shape index (κ1) is 24.2. The van der Waals surface area contributed by atoms with Gasteiger partial charge in [-0.2, -0.15) is 5.26 Å². The zero-order valence-electron chi connectivity index (χ0n) is 19.7. The smallest absolute Gasteiger partial charge is 0.241 e. The predicted molar refractivity (Wildman–Crippen MR) is 126 cm³/mol. The van der Waals surface area contributed by atoms with Gasteiger partial charge in [-0.15, -0.1) is 0 Å². The van der Waals surface area contributed by atoms with Crippen molar-refractivity contribution >= 4 is 17.5 Å². The Hall–Kier alpha value is -2.43. The molecule has 0 aromatic heterocycles. The van der Waals surface area contributed by atoms with Crippen molar-refractivity contribution in [2.75, 3.05) is 63.8 Å². The Morgan fingerprint density at radius 2 is 1.44 bits per heavy atom. The lowest BCUT2D eigenvalue weighted by Crippen LogP contribution is -2.52. The third kappa shape index (κ3) is 7.04. The molecule has 7 nitrogen and oxygen atoms in total. The Morgan fingerprint density at radius 1 is 0.875 bits per heavy atom. The highest BCUT2D eigenvalue weighted by atomic mass is 16.2. The Bertz CT molecular complexity index is 798. The van der Waals surface area contributed by atoms with Crippen molar-refractivity contribution in [3.63, 3.8) is 0 Å². The van der Waals surface area contributed by atoms with E-state index in [9.17, 15) is 9.59 Å². The summed E-state index contributed by atoms with van der Waals surface area (Å²) in [7, 11) is 0. The van der Waals surface area contributed by atoms with Gasteiger partial charge in [0.15, 0.2) is 0 Å². The molecule has 0 N–H and O–H groups in total. The van der Waals surface area contributed by atoms with Gasteiger partial charge in [0.1, 0.15) is 0 Å². The molecule has 7 heteroatoms. The normalized spacial score (nSPS) is 18.1. The van der Waals surface area contributed by atoms with Crippen LogP contribution in [0.4, 0.5) is 5.69 Å². The first-order valence-corrected chi connectivity index (χ1v) is 11.9. The molecule has 0 aliphatic carbocycles. The summed E-state index contributed by atoms with van der Waals surface area (Å²) >= 11 is 0. The van der Waals surface area contributed by atoms with Crippen LogP contribution in [0.3, 0.4) is 0 Å². The quantitative estimate of drug-likeness (QED) is 0.653. The second kappa shape index (κ2) is 12.0. The highest BCUT2D eigenvalue weighted by molar-refractivity contribution is 5.95. The lowest BCUT2D eigenvalue weighted by molar-refractivity contribution is -0.133. The fourth-order valence-electron chi connectivity index (χ4n) is 4.66. The second-order valence-electron chi connectivity index (χ2n) is 9.15. The Morgan fingerprint density at radius 3 is 2.00 bits per heavy atom. The molecular formula is C25H37N5O2. The van der Waals surface area contributed by atoms with Crippen molar-refractivity contribution in [3.05, 3.63) is 29.3 Å². The molecule has 2 saturated heterocycles. The van der Waals surface area contributed by atoms with Gasteiger partial charge in [0.2, 0.25) is 11.8 Å². The third-order valence-electron chi connectivity index (χ3n) is 6.41. The molecule has 2 heterocycles. The summed E-state index contributed by atoms with van der Waals surface area (Å²) < 4.78 is 0. The van der Waals surface area contributed by atoms with Crippen LogP contribution in [-0.2, 0) is 9.59 Å². The number of aryl methyl sites for hydroxylation is 2. The van der Waals surface area contributed by atoms with Gasteiger partial charge < -0.3 is 9.80 Å². The summed E-state index contributed by atoms with van der Waals surface area (Å²) in [4.78, 5) is 34.0. The first-order valence-electron chi connectivity index (χ1n) is 11.9. The SMILES string of the molecule is Cc1cc(C)cc(N(CCC#N)C(=O)CN2CCN(CC(=O)N3CCCCCC3)CC2)c1. The maximum atomic E-state index is 13.1. The molecule has 32 heavy (non-hydrogen) atoms. The van der Waals surface area contributed by atoms with E-state index in [1.54, 1.807) is 4.90 Å². The third-order valence-corrected chi connectivity index (χ3v) is 6.41. The maximum Gasteiger partial charge on any atom is 0.241 e. The number of amides is 2. The van der Waals surface area contributed by atoms with Crippen molar-refractivity contribution in [2.45, 2.75) is 46.0 Å². The number of rotatable bonds is 7. The molecular weight excluding hydrogens is 402 g/mol. The van der Waals surface area contributed by atoms with E-state index in [4.69, 9.17) is 5.26 Å².